The van der Waals surface area contributed by atoms with Gasteiger partial charge in [-0.2, -0.15) is 0 Å². The van der Waals surface area contributed by atoms with Crippen LogP contribution in [-0.4, -0.2) is 30.3 Å². The first kappa shape index (κ1) is 25.4. The van der Waals surface area contributed by atoms with E-state index in [2.05, 4.69) is 40.9 Å². The molecule has 1 N–H and O–H groups in total. The number of ether oxygens (including phenoxy) is 1. The summed E-state index contributed by atoms with van der Waals surface area (Å²) in [5.41, 5.74) is 3.09. The topological polar surface area (TPSA) is 70.3 Å². The zero-order chi connectivity index (χ0) is 23.8. The van der Waals surface area contributed by atoms with Crippen LogP contribution in [0.15, 0.2) is 40.6 Å². The summed E-state index contributed by atoms with van der Waals surface area (Å²) < 4.78 is 6.68. The molecule has 0 bridgehead atoms. The molecule has 33 heavy (non-hydrogen) atoms. The van der Waals surface area contributed by atoms with Gasteiger partial charge in [-0.15, -0.1) is 10.2 Å². The summed E-state index contributed by atoms with van der Waals surface area (Å²) in [5.74, 6) is 1.35. The van der Waals surface area contributed by atoms with Crippen molar-refractivity contribution in [3.63, 3.8) is 0 Å². The maximum Gasteiger partial charge on any atom is 0.231 e. The van der Waals surface area contributed by atoms with Crippen LogP contribution in [0.5, 0.6) is 5.75 Å². The largest absolute Gasteiger partial charge is 0.495 e. The Labute approximate surface area is 205 Å². The lowest BCUT2D eigenvalue weighted by Crippen LogP contribution is -2.29. The third kappa shape index (κ3) is 6.43. The molecule has 0 saturated carbocycles. The fraction of sp³-hybridized carbons (Fsp3) is 0.480. The van der Waals surface area contributed by atoms with Crippen LogP contribution in [0.1, 0.15) is 52.0 Å². The second-order valence-electron chi connectivity index (χ2n) is 8.07. The maximum absolute atomic E-state index is 10.1. The van der Waals surface area contributed by atoms with Crippen molar-refractivity contribution in [2.75, 3.05) is 25.1 Å². The van der Waals surface area contributed by atoms with Crippen LogP contribution in [0.3, 0.4) is 0 Å². The molecule has 1 heterocycles. The van der Waals surface area contributed by atoms with E-state index < -0.39 is 0 Å². The van der Waals surface area contributed by atoms with Crippen LogP contribution >= 0.6 is 22.9 Å². The SMILES string of the molecule is CCCCC(CC)CN(CC)c1cc(CO)c(N=Nc2nc3ccc(Cl)cc3s2)cc1OC. The van der Waals surface area contributed by atoms with Crippen molar-refractivity contribution < 1.29 is 9.84 Å². The molecule has 178 valence electrons. The molecule has 1 unspecified atom stereocenters. The number of aliphatic hydroxyl groups excluding tert-OH is 1. The second-order valence-corrected chi connectivity index (χ2v) is 9.52. The van der Waals surface area contributed by atoms with Gasteiger partial charge in [0.2, 0.25) is 5.13 Å². The van der Waals surface area contributed by atoms with Gasteiger partial charge in [-0.3, -0.25) is 0 Å². The maximum atomic E-state index is 10.1. The van der Waals surface area contributed by atoms with Crippen LogP contribution in [0, 0.1) is 5.92 Å². The van der Waals surface area contributed by atoms with E-state index in [0.29, 0.717) is 27.3 Å². The summed E-state index contributed by atoms with van der Waals surface area (Å²) in [6.07, 6.45) is 4.82. The molecular formula is C25H33ClN4O2S. The Hall–Kier alpha value is -2.22. The first-order valence-corrected chi connectivity index (χ1v) is 12.8. The standard InChI is InChI=1S/C25H33ClN4O2S/c1-5-8-9-17(6-2)15-30(7-3)22-12-18(16-31)21(14-23(22)32-4)28-29-25-27-20-11-10-19(26)13-24(20)33-25/h10-14,17,31H,5-9,15-16H2,1-4H3. The lowest BCUT2D eigenvalue weighted by atomic mass is 9.98. The van der Waals surface area contributed by atoms with Gasteiger partial charge in [0.15, 0.2) is 0 Å². The van der Waals surface area contributed by atoms with Crippen LogP contribution < -0.4 is 9.64 Å². The van der Waals surface area contributed by atoms with E-state index in [-0.39, 0.29) is 6.61 Å². The normalized spacial score (nSPS) is 12.5. The van der Waals surface area contributed by atoms with Gasteiger partial charge in [-0.1, -0.05) is 56.0 Å². The summed E-state index contributed by atoms with van der Waals surface area (Å²) in [5, 5.41) is 20.0. The number of anilines is 1. The van der Waals surface area contributed by atoms with Gasteiger partial charge in [0.05, 0.1) is 35.3 Å². The van der Waals surface area contributed by atoms with Crippen LogP contribution in [0.4, 0.5) is 16.5 Å². The van der Waals surface area contributed by atoms with E-state index in [0.717, 1.165) is 41.2 Å². The fourth-order valence-electron chi connectivity index (χ4n) is 3.88. The van der Waals surface area contributed by atoms with Crippen molar-refractivity contribution in [1.82, 2.24) is 4.98 Å². The van der Waals surface area contributed by atoms with Crippen molar-refractivity contribution in [3.05, 3.63) is 40.9 Å². The summed E-state index contributed by atoms with van der Waals surface area (Å²) in [7, 11) is 1.66. The Morgan fingerprint density at radius 1 is 1.18 bits per heavy atom. The number of aromatic nitrogens is 1. The predicted molar refractivity (Wildman–Crippen MR) is 139 cm³/mol. The van der Waals surface area contributed by atoms with Crippen molar-refractivity contribution in [2.24, 2.45) is 16.1 Å². The van der Waals surface area contributed by atoms with E-state index in [1.165, 1.54) is 30.6 Å². The molecule has 0 radical (unpaired) electrons. The lowest BCUT2D eigenvalue weighted by molar-refractivity contribution is 0.282. The summed E-state index contributed by atoms with van der Waals surface area (Å²) in [6.45, 7) is 8.33. The highest BCUT2D eigenvalue weighted by molar-refractivity contribution is 7.21. The number of methoxy groups -OCH3 is 1. The number of fused-ring (bicyclic) bond motifs is 1. The third-order valence-electron chi connectivity index (χ3n) is 5.88. The molecule has 0 aliphatic heterocycles. The highest BCUT2D eigenvalue weighted by atomic mass is 35.5. The Morgan fingerprint density at radius 2 is 2.00 bits per heavy atom. The second kappa shape index (κ2) is 12.3. The third-order valence-corrected chi connectivity index (χ3v) is 7.01. The molecule has 2 aromatic carbocycles. The quantitative estimate of drug-likeness (QED) is 0.263. The zero-order valence-corrected chi connectivity index (χ0v) is 21.4. The minimum absolute atomic E-state index is 0.134. The van der Waals surface area contributed by atoms with Crippen LogP contribution in [0.2, 0.25) is 5.02 Å². The molecule has 0 fully saturated rings. The van der Waals surface area contributed by atoms with Crippen LogP contribution in [-0.2, 0) is 6.61 Å². The van der Waals surface area contributed by atoms with Gasteiger partial charge in [0.1, 0.15) is 5.75 Å². The number of hydrogen-bond donors (Lipinski definition) is 1. The Bertz CT molecular complexity index is 1090. The fourth-order valence-corrected chi connectivity index (χ4v) is 4.95. The number of halogens is 1. The van der Waals surface area contributed by atoms with E-state index >= 15 is 0 Å². The van der Waals surface area contributed by atoms with E-state index in [9.17, 15) is 5.11 Å². The minimum atomic E-state index is -0.134. The van der Waals surface area contributed by atoms with Crippen LogP contribution in [0.25, 0.3) is 10.2 Å². The zero-order valence-electron chi connectivity index (χ0n) is 19.8. The number of azo groups is 1. The van der Waals surface area contributed by atoms with Gasteiger partial charge in [-0.05, 0) is 43.5 Å². The smallest absolute Gasteiger partial charge is 0.231 e. The molecule has 1 atom stereocenters. The van der Waals surface area contributed by atoms with E-state index in [1.54, 1.807) is 7.11 Å². The molecule has 0 saturated heterocycles. The van der Waals surface area contributed by atoms with E-state index in [4.69, 9.17) is 16.3 Å². The molecule has 0 amide bonds. The molecule has 0 spiro atoms. The van der Waals surface area contributed by atoms with Gasteiger partial charge in [0, 0.05) is 29.7 Å². The minimum Gasteiger partial charge on any atom is -0.495 e. The van der Waals surface area contributed by atoms with Crippen molar-refractivity contribution >= 4 is 49.7 Å². The number of rotatable bonds is 12. The Balaban J connectivity index is 1.89. The Morgan fingerprint density at radius 3 is 2.67 bits per heavy atom. The van der Waals surface area contributed by atoms with Gasteiger partial charge in [-0.25, -0.2) is 4.98 Å². The van der Waals surface area contributed by atoms with Gasteiger partial charge in [0.25, 0.3) is 0 Å². The van der Waals surface area contributed by atoms with Gasteiger partial charge < -0.3 is 14.7 Å². The predicted octanol–water partition coefficient (Wildman–Crippen LogP) is 7.91. The molecular weight excluding hydrogens is 456 g/mol. The van der Waals surface area contributed by atoms with Crippen molar-refractivity contribution in [3.8, 4) is 5.75 Å². The number of hydrogen-bond acceptors (Lipinski definition) is 7. The number of unbranched alkanes of at least 4 members (excludes halogenated alkanes) is 1. The summed E-state index contributed by atoms with van der Waals surface area (Å²) in [6, 6.07) is 9.37. The highest BCUT2D eigenvalue weighted by Gasteiger charge is 2.18. The molecule has 6 nitrogen and oxygen atoms in total. The lowest BCUT2D eigenvalue weighted by Gasteiger charge is -2.30. The molecule has 8 heteroatoms. The number of benzene rings is 2. The molecule has 3 aromatic rings. The van der Waals surface area contributed by atoms with Crippen molar-refractivity contribution in [2.45, 2.75) is 53.1 Å². The van der Waals surface area contributed by atoms with E-state index in [1.807, 2.05) is 30.3 Å². The number of nitrogens with zero attached hydrogens (tertiary/aromatic N) is 4. The monoisotopic (exact) mass is 488 g/mol. The molecule has 3 rings (SSSR count). The highest BCUT2D eigenvalue weighted by Crippen LogP contribution is 2.38. The molecule has 0 aliphatic carbocycles. The first-order chi connectivity index (χ1) is 16.0. The molecule has 1 aromatic heterocycles. The Kier molecular flexibility index (Phi) is 9.47. The average molecular weight is 489 g/mol. The summed E-state index contributed by atoms with van der Waals surface area (Å²) in [4.78, 5) is 6.82. The average Bonchev–Trinajstić information content (AvgIpc) is 3.24. The van der Waals surface area contributed by atoms with Gasteiger partial charge >= 0.3 is 0 Å². The molecule has 0 aliphatic rings. The summed E-state index contributed by atoms with van der Waals surface area (Å²) >= 11 is 7.49. The number of thiazole rings is 1. The number of aliphatic hydroxyl groups is 1. The first-order valence-electron chi connectivity index (χ1n) is 11.6. The van der Waals surface area contributed by atoms with Crippen molar-refractivity contribution in [1.29, 1.82) is 0 Å².